The number of carbonyl (C=O) groups excluding carboxylic acids is 2. The quantitative estimate of drug-likeness (QED) is 0.598. The Hall–Kier alpha value is -1.19. The molecule has 0 aromatic heterocycles. The van der Waals surface area contributed by atoms with Crippen LogP contribution in [-0.4, -0.2) is 75.1 Å². The molecule has 1 atom stereocenters. The lowest BCUT2D eigenvalue weighted by atomic mass is 9.80. The lowest BCUT2D eigenvalue weighted by molar-refractivity contribution is -0.153. The zero-order valence-corrected chi connectivity index (χ0v) is 13.7. The van der Waals surface area contributed by atoms with Crippen molar-refractivity contribution in [2.45, 2.75) is 19.8 Å². The molecule has 9 heteroatoms. The Labute approximate surface area is 131 Å². The molecule has 0 radical (unpaired) electrons. The van der Waals surface area contributed by atoms with E-state index in [1.807, 2.05) is 4.90 Å². The van der Waals surface area contributed by atoms with E-state index in [-0.39, 0.29) is 17.6 Å². The fourth-order valence-corrected chi connectivity index (χ4v) is 3.45. The third-order valence-corrected chi connectivity index (χ3v) is 5.22. The molecule has 2 rings (SSSR count). The van der Waals surface area contributed by atoms with Gasteiger partial charge in [0, 0.05) is 39.3 Å². The van der Waals surface area contributed by atoms with Gasteiger partial charge in [-0.25, -0.2) is 13.6 Å². The van der Waals surface area contributed by atoms with Crippen molar-refractivity contribution in [2.24, 2.45) is 10.6 Å². The fourth-order valence-electron chi connectivity index (χ4n) is 2.94. The number of nitrogens with one attached hydrogen (secondary N) is 1. The molecule has 0 saturated carbocycles. The van der Waals surface area contributed by atoms with Gasteiger partial charge in [-0.3, -0.25) is 14.5 Å². The summed E-state index contributed by atoms with van der Waals surface area (Å²) in [5.74, 6) is -0.405. The van der Waals surface area contributed by atoms with Gasteiger partial charge in [0.15, 0.2) is 0 Å². The number of piperidine rings is 1. The highest BCUT2D eigenvalue weighted by molar-refractivity contribution is 7.89. The molecule has 2 amide bonds. The van der Waals surface area contributed by atoms with Crippen LogP contribution in [-0.2, 0) is 19.6 Å². The minimum atomic E-state index is -3.46. The number of nitrogens with two attached hydrogens (primary N) is 1. The zero-order chi connectivity index (χ0) is 16.4. The molecule has 2 fully saturated rings. The summed E-state index contributed by atoms with van der Waals surface area (Å²) in [4.78, 5) is 28.3. The van der Waals surface area contributed by atoms with E-state index in [1.54, 1.807) is 11.8 Å². The molecule has 0 aliphatic carbocycles. The number of amides is 2. The van der Waals surface area contributed by atoms with Gasteiger partial charge in [0.2, 0.25) is 21.8 Å². The highest BCUT2D eigenvalue weighted by Gasteiger charge is 2.45. The second-order valence-electron chi connectivity index (χ2n) is 6.19. The van der Waals surface area contributed by atoms with E-state index in [1.165, 1.54) is 0 Å². The number of piperazine rings is 1. The predicted molar refractivity (Wildman–Crippen MR) is 81.3 cm³/mol. The molecule has 2 saturated heterocycles. The number of rotatable bonds is 4. The number of hydrogen-bond donors (Lipinski definition) is 2. The number of hydrogen-bond acceptors (Lipinski definition) is 5. The molecule has 2 aliphatic rings. The van der Waals surface area contributed by atoms with Crippen LogP contribution in [0, 0.1) is 5.41 Å². The SMILES string of the molecule is CC1(C(=O)N2CCN(CCS(N)(=O)=O)CC2)CCCNC1=O. The molecule has 2 aliphatic heterocycles. The molecular formula is C13H24N4O4S. The summed E-state index contributed by atoms with van der Waals surface area (Å²) in [6, 6.07) is 0. The van der Waals surface area contributed by atoms with Gasteiger partial charge in [0.1, 0.15) is 5.41 Å². The number of nitrogens with zero attached hydrogens (tertiary/aromatic N) is 2. The Morgan fingerprint density at radius 3 is 2.50 bits per heavy atom. The van der Waals surface area contributed by atoms with Crippen LogP contribution >= 0.6 is 0 Å². The first-order chi connectivity index (χ1) is 10.2. The van der Waals surface area contributed by atoms with E-state index in [0.29, 0.717) is 45.7 Å². The van der Waals surface area contributed by atoms with E-state index >= 15 is 0 Å². The average Bonchev–Trinajstić information content (AvgIpc) is 2.47. The van der Waals surface area contributed by atoms with Crippen molar-refractivity contribution in [3.63, 3.8) is 0 Å². The van der Waals surface area contributed by atoms with Gasteiger partial charge < -0.3 is 10.2 Å². The van der Waals surface area contributed by atoms with E-state index in [9.17, 15) is 18.0 Å². The first-order valence-electron chi connectivity index (χ1n) is 7.53. The first kappa shape index (κ1) is 17.2. The second-order valence-corrected chi connectivity index (χ2v) is 7.93. The molecule has 0 spiro atoms. The molecule has 22 heavy (non-hydrogen) atoms. The van der Waals surface area contributed by atoms with Crippen LogP contribution in [0.1, 0.15) is 19.8 Å². The van der Waals surface area contributed by atoms with Gasteiger partial charge in [-0.15, -0.1) is 0 Å². The number of sulfonamides is 1. The van der Waals surface area contributed by atoms with Crippen molar-refractivity contribution in [1.29, 1.82) is 0 Å². The summed E-state index contributed by atoms with van der Waals surface area (Å²) in [6.07, 6.45) is 1.38. The summed E-state index contributed by atoms with van der Waals surface area (Å²) >= 11 is 0. The first-order valence-corrected chi connectivity index (χ1v) is 9.24. The zero-order valence-electron chi connectivity index (χ0n) is 12.9. The predicted octanol–water partition coefficient (Wildman–Crippen LogP) is -1.66. The topological polar surface area (TPSA) is 113 Å². The summed E-state index contributed by atoms with van der Waals surface area (Å²) in [5, 5.41) is 7.76. The Bertz CT molecular complexity index is 542. The van der Waals surface area contributed by atoms with Crippen molar-refractivity contribution in [2.75, 3.05) is 45.0 Å². The van der Waals surface area contributed by atoms with Crippen LogP contribution in [0.4, 0.5) is 0 Å². The molecular weight excluding hydrogens is 308 g/mol. The fraction of sp³-hybridized carbons (Fsp3) is 0.846. The van der Waals surface area contributed by atoms with Gasteiger partial charge in [0.25, 0.3) is 0 Å². The van der Waals surface area contributed by atoms with Gasteiger partial charge in [-0.2, -0.15) is 0 Å². The van der Waals surface area contributed by atoms with Crippen molar-refractivity contribution < 1.29 is 18.0 Å². The van der Waals surface area contributed by atoms with Gasteiger partial charge in [0.05, 0.1) is 5.75 Å². The van der Waals surface area contributed by atoms with Crippen LogP contribution in [0.3, 0.4) is 0 Å². The Balaban J connectivity index is 1.88. The van der Waals surface area contributed by atoms with Gasteiger partial charge >= 0.3 is 0 Å². The third kappa shape index (κ3) is 3.96. The minimum absolute atomic E-state index is 0.0823. The van der Waals surface area contributed by atoms with E-state index in [0.717, 1.165) is 6.42 Å². The van der Waals surface area contributed by atoms with E-state index < -0.39 is 15.4 Å². The van der Waals surface area contributed by atoms with E-state index in [2.05, 4.69) is 5.32 Å². The second kappa shape index (κ2) is 6.51. The smallest absolute Gasteiger partial charge is 0.238 e. The van der Waals surface area contributed by atoms with Crippen molar-refractivity contribution in [3.05, 3.63) is 0 Å². The van der Waals surface area contributed by atoms with Crippen molar-refractivity contribution in [3.8, 4) is 0 Å². The molecule has 0 aromatic rings. The highest BCUT2D eigenvalue weighted by Crippen LogP contribution is 2.29. The van der Waals surface area contributed by atoms with Crippen molar-refractivity contribution >= 4 is 21.8 Å². The molecule has 3 N–H and O–H groups in total. The van der Waals surface area contributed by atoms with Gasteiger partial charge in [-0.1, -0.05) is 0 Å². The molecule has 1 unspecified atom stereocenters. The average molecular weight is 332 g/mol. The molecule has 2 heterocycles. The van der Waals surface area contributed by atoms with Crippen LogP contribution in [0.25, 0.3) is 0 Å². The normalized spacial score (nSPS) is 27.5. The highest BCUT2D eigenvalue weighted by atomic mass is 32.2. The maximum absolute atomic E-state index is 12.6. The Morgan fingerprint density at radius 1 is 1.32 bits per heavy atom. The maximum atomic E-state index is 12.6. The molecule has 0 bridgehead atoms. The van der Waals surface area contributed by atoms with Gasteiger partial charge in [-0.05, 0) is 19.8 Å². The lowest BCUT2D eigenvalue weighted by Gasteiger charge is -2.40. The van der Waals surface area contributed by atoms with Crippen LogP contribution in [0.15, 0.2) is 0 Å². The molecule has 126 valence electrons. The number of carbonyl (C=O) groups is 2. The minimum Gasteiger partial charge on any atom is -0.355 e. The lowest BCUT2D eigenvalue weighted by Crippen LogP contribution is -2.58. The number of primary sulfonamides is 1. The van der Waals surface area contributed by atoms with Crippen LogP contribution in [0.2, 0.25) is 0 Å². The largest absolute Gasteiger partial charge is 0.355 e. The monoisotopic (exact) mass is 332 g/mol. The Morgan fingerprint density at radius 2 is 1.95 bits per heavy atom. The Kier molecular flexibility index (Phi) is 5.08. The summed E-state index contributed by atoms with van der Waals surface area (Å²) in [6.45, 7) is 4.91. The standard InChI is InChI=1S/C13H24N4O4S/c1-13(3-2-4-15-11(13)18)12(19)17-7-5-16(6-8-17)9-10-22(14,20)21/h2-10H2,1H3,(H,15,18)(H2,14,20,21). The third-order valence-electron chi connectivity index (χ3n) is 4.46. The summed E-state index contributed by atoms with van der Waals surface area (Å²) in [5.41, 5.74) is -0.971. The van der Waals surface area contributed by atoms with E-state index in [4.69, 9.17) is 5.14 Å². The van der Waals surface area contributed by atoms with Crippen LogP contribution < -0.4 is 10.5 Å². The maximum Gasteiger partial charge on any atom is 0.238 e. The summed E-state index contributed by atoms with van der Waals surface area (Å²) in [7, 11) is -3.46. The molecule has 0 aromatic carbocycles. The molecule has 8 nitrogen and oxygen atoms in total. The van der Waals surface area contributed by atoms with Crippen molar-refractivity contribution in [1.82, 2.24) is 15.1 Å². The summed E-state index contributed by atoms with van der Waals surface area (Å²) < 4.78 is 21.9. The van der Waals surface area contributed by atoms with Crippen LogP contribution in [0.5, 0.6) is 0 Å².